The molecule has 0 N–H and O–H groups in total. The lowest BCUT2D eigenvalue weighted by Gasteiger charge is -2.34. The van der Waals surface area contributed by atoms with E-state index >= 15 is 0 Å². The number of likely N-dealkylation sites (tertiary alicyclic amines) is 1. The molecule has 0 aliphatic carbocycles. The molecule has 1 fully saturated rings. The van der Waals surface area contributed by atoms with Gasteiger partial charge in [0.1, 0.15) is 11.9 Å². The van der Waals surface area contributed by atoms with Crippen LogP contribution in [0.2, 0.25) is 0 Å². The molecule has 1 saturated heterocycles. The van der Waals surface area contributed by atoms with Crippen LogP contribution in [0.4, 0.5) is 0 Å². The van der Waals surface area contributed by atoms with Crippen molar-refractivity contribution in [2.24, 2.45) is 5.92 Å². The van der Waals surface area contributed by atoms with Crippen LogP contribution in [0.1, 0.15) is 39.5 Å². The summed E-state index contributed by atoms with van der Waals surface area (Å²) in [6.07, 6.45) is 7.35. The summed E-state index contributed by atoms with van der Waals surface area (Å²) < 4.78 is 5.90. The number of carbonyl (C=O) groups is 1. The average molecular weight is 276 g/mol. The zero-order valence-electron chi connectivity index (χ0n) is 12.4. The largest absolute Gasteiger partial charge is 0.489 e. The van der Waals surface area contributed by atoms with Gasteiger partial charge in [-0.1, -0.05) is 13.8 Å². The Bertz CT molecular complexity index is 410. The van der Waals surface area contributed by atoms with Gasteiger partial charge in [-0.15, -0.1) is 0 Å². The highest BCUT2D eigenvalue weighted by Crippen LogP contribution is 2.20. The third-order valence-corrected chi connectivity index (χ3v) is 4.03. The Balaban J connectivity index is 1.82. The first-order valence-corrected chi connectivity index (χ1v) is 7.60. The number of ether oxygens (including phenoxy) is 1. The van der Waals surface area contributed by atoms with Crippen molar-refractivity contribution in [3.05, 3.63) is 24.5 Å². The summed E-state index contributed by atoms with van der Waals surface area (Å²) in [6.45, 7) is 5.79. The van der Waals surface area contributed by atoms with E-state index < -0.39 is 0 Å². The monoisotopic (exact) mass is 276 g/mol. The van der Waals surface area contributed by atoms with E-state index in [1.807, 2.05) is 17.0 Å². The Morgan fingerprint density at radius 2 is 2.10 bits per heavy atom. The zero-order chi connectivity index (χ0) is 14.4. The van der Waals surface area contributed by atoms with Crippen molar-refractivity contribution in [1.82, 2.24) is 9.88 Å². The maximum atomic E-state index is 12.3. The van der Waals surface area contributed by atoms with Gasteiger partial charge in [0.2, 0.25) is 5.91 Å². The van der Waals surface area contributed by atoms with Gasteiger partial charge in [-0.2, -0.15) is 0 Å². The predicted molar refractivity (Wildman–Crippen MR) is 78.5 cm³/mol. The lowest BCUT2D eigenvalue weighted by molar-refractivity contribution is -0.137. The van der Waals surface area contributed by atoms with E-state index in [-0.39, 0.29) is 12.0 Å². The third kappa shape index (κ3) is 3.71. The fraction of sp³-hybridized carbons (Fsp3) is 0.625. The van der Waals surface area contributed by atoms with Crippen LogP contribution in [0.15, 0.2) is 24.5 Å². The smallest absolute Gasteiger partial charge is 0.225 e. The summed E-state index contributed by atoms with van der Waals surface area (Å²) in [5, 5.41) is 0. The standard InChI is InChI=1S/C16H24N2O2/c1-3-13(4-2)16(19)18-10-7-14(8-11-18)20-15-6-5-9-17-12-15/h5-6,9,12-14H,3-4,7-8,10-11H2,1-2H3. The highest BCUT2D eigenvalue weighted by atomic mass is 16.5. The molecule has 110 valence electrons. The summed E-state index contributed by atoms with van der Waals surface area (Å²) in [5.74, 6) is 1.32. The van der Waals surface area contributed by atoms with Crippen molar-refractivity contribution < 1.29 is 9.53 Å². The van der Waals surface area contributed by atoms with Crippen molar-refractivity contribution in [3.63, 3.8) is 0 Å². The van der Waals surface area contributed by atoms with Gasteiger partial charge >= 0.3 is 0 Å². The fourth-order valence-electron chi connectivity index (χ4n) is 2.70. The first-order chi connectivity index (χ1) is 9.74. The van der Waals surface area contributed by atoms with E-state index in [9.17, 15) is 4.79 Å². The maximum absolute atomic E-state index is 12.3. The molecule has 0 unspecified atom stereocenters. The molecule has 1 aromatic heterocycles. The minimum absolute atomic E-state index is 0.186. The predicted octanol–water partition coefficient (Wildman–Crippen LogP) is 2.89. The molecule has 0 spiro atoms. The Kier molecular flexibility index (Phi) is 5.39. The molecule has 2 heterocycles. The summed E-state index contributed by atoms with van der Waals surface area (Å²) in [7, 11) is 0. The fourth-order valence-corrected chi connectivity index (χ4v) is 2.70. The second-order valence-electron chi connectivity index (χ2n) is 5.34. The Morgan fingerprint density at radius 3 is 2.65 bits per heavy atom. The lowest BCUT2D eigenvalue weighted by atomic mass is 9.99. The molecule has 0 radical (unpaired) electrons. The van der Waals surface area contributed by atoms with Gasteiger partial charge in [0.05, 0.1) is 6.20 Å². The van der Waals surface area contributed by atoms with Crippen LogP contribution in [0, 0.1) is 5.92 Å². The van der Waals surface area contributed by atoms with Crippen LogP contribution >= 0.6 is 0 Å². The second-order valence-corrected chi connectivity index (χ2v) is 5.34. The third-order valence-electron chi connectivity index (χ3n) is 4.03. The number of hydrogen-bond donors (Lipinski definition) is 0. The molecule has 1 aromatic rings. The van der Waals surface area contributed by atoms with Gasteiger partial charge in [-0.05, 0) is 25.0 Å². The van der Waals surface area contributed by atoms with Crippen molar-refractivity contribution in [2.45, 2.75) is 45.6 Å². The van der Waals surface area contributed by atoms with Crippen molar-refractivity contribution in [2.75, 3.05) is 13.1 Å². The number of hydrogen-bond acceptors (Lipinski definition) is 3. The van der Waals surface area contributed by atoms with Gasteiger partial charge in [-0.3, -0.25) is 9.78 Å². The topological polar surface area (TPSA) is 42.4 Å². The van der Waals surface area contributed by atoms with E-state index in [1.54, 1.807) is 12.4 Å². The SMILES string of the molecule is CCC(CC)C(=O)N1CCC(Oc2cccnc2)CC1. The molecule has 1 aliphatic rings. The minimum Gasteiger partial charge on any atom is -0.489 e. The Hall–Kier alpha value is -1.58. The summed E-state index contributed by atoms with van der Waals surface area (Å²) in [6, 6.07) is 3.80. The number of rotatable bonds is 5. The van der Waals surface area contributed by atoms with Gasteiger partial charge < -0.3 is 9.64 Å². The molecular formula is C16H24N2O2. The Morgan fingerprint density at radius 1 is 1.40 bits per heavy atom. The van der Waals surface area contributed by atoms with E-state index in [0.717, 1.165) is 44.5 Å². The van der Waals surface area contributed by atoms with Crippen molar-refractivity contribution in [1.29, 1.82) is 0 Å². The summed E-state index contributed by atoms with van der Waals surface area (Å²) in [5.41, 5.74) is 0. The summed E-state index contributed by atoms with van der Waals surface area (Å²) in [4.78, 5) is 18.4. The van der Waals surface area contributed by atoms with Gasteiger partial charge in [0.15, 0.2) is 0 Å². The molecular weight excluding hydrogens is 252 g/mol. The van der Waals surface area contributed by atoms with E-state index in [1.165, 1.54) is 0 Å². The van der Waals surface area contributed by atoms with E-state index in [4.69, 9.17) is 4.74 Å². The highest BCUT2D eigenvalue weighted by molar-refractivity contribution is 5.78. The minimum atomic E-state index is 0.186. The van der Waals surface area contributed by atoms with Crippen molar-refractivity contribution >= 4 is 5.91 Å². The van der Waals surface area contributed by atoms with Gasteiger partial charge in [0.25, 0.3) is 0 Å². The van der Waals surface area contributed by atoms with Crippen LogP contribution in [0.3, 0.4) is 0 Å². The molecule has 20 heavy (non-hydrogen) atoms. The van der Waals surface area contributed by atoms with Crippen LogP contribution in [0.25, 0.3) is 0 Å². The lowest BCUT2D eigenvalue weighted by Crippen LogP contribution is -2.44. The summed E-state index contributed by atoms with van der Waals surface area (Å²) >= 11 is 0. The Labute approximate surface area is 121 Å². The van der Waals surface area contributed by atoms with Crippen LogP contribution in [-0.4, -0.2) is 35.0 Å². The molecule has 0 aromatic carbocycles. The average Bonchev–Trinajstić information content (AvgIpc) is 2.50. The van der Waals surface area contributed by atoms with Crippen LogP contribution in [-0.2, 0) is 4.79 Å². The van der Waals surface area contributed by atoms with Crippen molar-refractivity contribution in [3.8, 4) is 5.75 Å². The number of piperidine rings is 1. The molecule has 1 aliphatic heterocycles. The van der Waals surface area contributed by atoms with E-state index in [2.05, 4.69) is 18.8 Å². The van der Waals surface area contributed by atoms with Crippen LogP contribution in [0.5, 0.6) is 5.75 Å². The first kappa shape index (κ1) is 14.8. The van der Waals surface area contributed by atoms with Gasteiger partial charge in [-0.25, -0.2) is 0 Å². The first-order valence-electron chi connectivity index (χ1n) is 7.60. The number of amides is 1. The molecule has 1 amide bonds. The maximum Gasteiger partial charge on any atom is 0.225 e. The molecule has 0 saturated carbocycles. The zero-order valence-corrected chi connectivity index (χ0v) is 12.4. The number of aromatic nitrogens is 1. The molecule has 4 heteroatoms. The highest BCUT2D eigenvalue weighted by Gasteiger charge is 2.27. The second kappa shape index (κ2) is 7.27. The molecule has 4 nitrogen and oxygen atoms in total. The molecule has 2 rings (SSSR count). The number of carbonyl (C=O) groups excluding carboxylic acids is 1. The quantitative estimate of drug-likeness (QED) is 0.830. The van der Waals surface area contributed by atoms with E-state index in [0.29, 0.717) is 5.91 Å². The van der Waals surface area contributed by atoms with Crippen LogP contribution < -0.4 is 4.74 Å². The van der Waals surface area contributed by atoms with Gasteiger partial charge in [0, 0.05) is 38.0 Å². The number of pyridine rings is 1. The molecule has 0 bridgehead atoms. The normalized spacial score (nSPS) is 16.4. The molecule has 0 atom stereocenters. The number of nitrogens with zero attached hydrogens (tertiary/aromatic N) is 2.